The van der Waals surface area contributed by atoms with Crippen LogP contribution in [0.4, 0.5) is 0 Å². The van der Waals surface area contributed by atoms with E-state index in [9.17, 15) is 5.11 Å². The molecule has 1 aromatic rings. The number of rotatable bonds is 5. The maximum atomic E-state index is 9.32. The maximum Gasteiger partial charge on any atom is 0.115 e. The Labute approximate surface area is 99.5 Å². The monoisotopic (exact) mass is 220 g/mol. The number of hydrogen-bond donors (Lipinski definition) is 1. The van der Waals surface area contributed by atoms with Crippen molar-refractivity contribution in [3.05, 3.63) is 29.8 Å². The van der Waals surface area contributed by atoms with Gasteiger partial charge in [0, 0.05) is 0 Å². The normalized spacial score (nSPS) is 15.1. The Morgan fingerprint density at radius 2 is 1.62 bits per heavy atom. The lowest BCUT2D eigenvalue weighted by molar-refractivity contribution is 0.376. The highest BCUT2D eigenvalue weighted by Gasteiger charge is 2.19. The molecule has 0 heterocycles. The fourth-order valence-corrected chi connectivity index (χ4v) is 2.21. The molecular formula is C15H24O. The Kier molecular flexibility index (Phi) is 4.85. The molecule has 2 unspecified atom stereocenters. The summed E-state index contributed by atoms with van der Waals surface area (Å²) in [7, 11) is 0. The fourth-order valence-electron chi connectivity index (χ4n) is 2.21. The third-order valence-corrected chi connectivity index (χ3v) is 3.38. The molecule has 0 radical (unpaired) electrons. The number of phenolic OH excluding ortho intramolecular Hbond substituents is 1. The molecule has 2 atom stereocenters. The van der Waals surface area contributed by atoms with Gasteiger partial charge in [-0.25, -0.2) is 0 Å². The van der Waals surface area contributed by atoms with Crippen LogP contribution >= 0.6 is 0 Å². The van der Waals surface area contributed by atoms with Crippen molar-refractivity contribution in [2.24, 2.45) is 11.8 Å². The first-order valence-corrected chi connectivity index (χ1v) is 6.33. The summed E-state index contributed by atoms with van der Waals surface area (Å²) < 4.78 is 0. The van der Waals surface area contributed by atoms with Crippen molar-refractivity contribution in [2.75, 3.05) is 0 Å². The number of phenols is 1. The number of aromatic hydroxyl groups is 1. The van der Waals surface area contributed by atoms with Crippen LogP contribution in [0.1, 0.15) is 52.0 Å². The molecule has 1 heteroatoms. The quantitative estimate of drug-likeness (QED) is 0.770. The van der Waals surface area contributed by atoms with Crippen molar-refractivity contribution in [1.29, 1.82) is 0 Å². The van der Waals surface area contributed by atoms with E-state index in [1.54, 1.807) is 12.1 Å². The van der Waals surface area contributed by atoms with E-state index in [1.807, 2.05) is 0 Å². The lowest BCUT2D eigenvalue weighted by atomic mass is 9.80. The minimum Gasteiger partial charge on any atom is -0.508 e. The highest BCUT2D eigenvalue weighted by Crippen LogP contribution is 2.33. The first-order valence-electron chi connectivity index (χ1n) is 6.33. The van der Waals surface area contributed by atoms with Crippen molar-refractivity contribution < 1.29 is 5.11 Å². The van der Waals surface area contributed by atoms with E-state index >= 15 is 0 Å². The lowest BCUT2D eigenvalue weighted by Crippen LogP contribution is -2.11. The van der Waals surface area contributed by atoms with Crippen LogP contribution in [-0.4, -0.2) is 5.11 Å². The zero-order valence-corrected chi connectivity index (χ0v) is 10.9. The molecular weight excluding hydrogens is 196 g/mol. The minimum absolute atomic E-state index is 0.358. The number of hydrogen-bond acceptors (Lipinski definition) is 1. The molecule has 0 spiro atoms. The number of benzene rings is 1. The van der Waals surface area contributed by atoms with Gasteiger partial charge < -0.3 is 5.11 Å². The molecule has 0 aliphatic rings. The summed E-state index contributed by atoms with van der Waals surface area (Å²) in [6.07, 6.45) is 2.43. The molecule has 0 aliphatic carbocycles. The van der Waals surface area contributed by atoms with Gasteiger partial charge >= 0.3 is 0 Å². The van der Waals surface area contributed by atoms with Crippen LogP contribution in [-0.2, 0) is 0 Å². The van der Waals surface area contributed by atoms with Crippen LogP contribution in [0, 0.1) is 11.8 Å². The fraction of sp³-hybridized carbons (Fsp3) is 0.600. The van der Waals surface area contributed by atoms with Gasteiger partial charge in [-0.2, -0.15) is 0 Å². The second kappa shape index (κ2) is 5.93. The summed E-state index contributed by atoms with van der Waals surface area (Å²) >= 11 is 0. The second-order valence-corrected chi connectivity index (χ2v) is 5.21. The van der Waals surface area contributed by atoms with Crippen LogP contribution in [0.15, 0.2) is 24.3 Å². The minimum atomic E-state index is 0.358. The van der Waals surface area contributed by atoms with E-state index in [4.69, 9.17) is 0 Å². The van der Waals surface area contributed by atoms with Crippen LogP contribution < -0.4 is 0 Å². The average Bonchev–Trinajstić information content (AvgIpc) is 2.26. The van der Waals surface area contributed by atoms with Gasteiger partial charge in [0.05, 0.1) is 0 Å². The molecule has 0 aromatic heterocycles. The molecule has 0 saturated carbocycles. The van der Waals surface area contributed by atoms with E-state index in [-0.39, 0.29) is 0 Å². The van der Waals surface area contributed by atoms with E-state index in [2.05, 4.69) is 39.8 Å². The van der Waals surface area contributed by atoms with Gasteiger partial charge in [0.1, 0.15) is 5.75 Å². The molecule has 0 bridgehead atoms. The summed E-state index contributed by atoms with van der Waals surface area (Å²) in [6.45, 7) is 9.11. The molecule has 0 fully saturated rings. The van der Waals surface area contributed by atoms with Crippen LogP contribution in [0.2, 0.25) is 0 Å². The Hall–Kier alpha value is -0.980. The van der Waals surface area contributed by atoms with Crippen molar-refractivity contribution in [1.82, 2.24) is 0 Å². The van der Waals surface area contributed by atoms with Gasteiger partial charge in [0.2, 0.25) is 0 Å². The Morgan fingerprint density at radius 3 is 2.06 bits per heavy atom. The molecule has 0 aliphatic heterocycles. The van der Waals surface area contributed by atoms with Crippen molar-refractivity contribution in [3.8, 4) is 5.75 Å². The SMILES string of the molecule is CCC(C)C(CC(C)C)c1ccc(O)cc1. The van der Waals surface area contributed by atoms with E-state index in [0.717, 1.165) is 0 Å². The van der Waals surface area contributed by atoms with Crippen LogP contribution in [0.3, 0.4) is 0 Å². The maximum absolute atomic E-state index is 9.32. The molecule has 0 saturated heterocycles. The van der Waals surface area contributed by atoms with Gasteiger partial charge in [-0.3, -0.25) is 0 Å². The third kappa shape index (κ3) is 3.55. The van der Waals surface area contributed by atoms with Crippen LogP contribution in [0.5, 0.6) is 5.75 Å². The summed E-state index contributed by atoms with van der Waals surface area (Å²) in [4.78, 5) is 0. The average molecular weight is 220 g/mol. The first kappa shape index (κ1) is 13.1. The zero-order chi connectivity index (χ0) is 12.1. The van der Waals surface area contributed by atoms with E-state index < -0.39 is 0 Å². The smallest absolute Gasteiger partial charge is 0.115 e. The zero-order valence-electron chi connectivity index (χ0n) is 10.9. The van der Waals surface area contributed by atoms with E-state index in [0.29, 0.717) is 23.5 Å². The van der Waals surface area contributed by atoms with E-state index in [1.165, 1.54) is 18.4 Å². The summed E-state index contributed by atoms with van der Waals surface area (Å²) in [5, 5.41) is 9.32. The summed E-state index contributed by atoms with van der Waals surface area (Å²) in [5.74, 6) is 2.39. The third-order valence-electron chi connectivity index (χ3n) is 3.38. The Balaban J connectivity index is 2.87. The van der Waals surface area contributed by atoms with Gasteiger partial charge in [0.25, 0.3) is 0 Å². The van der Waals surface area contributed by atoms with Gasteiger partial charge in [0.15, 0.2) is 0 Å². The van der Waals surface area contributed by atoms with Crippen molar-refractivity contribution in [3.63, 3.8) is 0 Å². The molecule has 0 amide bonds. The van der Waals surface area contributed by atoms with Gasteiger partial charge in [-0.1, -0.05) is 46.2 Å². The van der Waals surface area contributed by atoms with Gasteiger partial charge in [-0.15, -0.1) is 0 Å². The predicted octanol–water partition coefficient (Wildman–Crippen LogP) is 4.57. The summed E-state index contributed by atoms with van der Waals surface area (Å²) in [5.41, 5.74) is 1.36. The first-order chi connectivity index (χ1) is 7.54. The Bertz CT molecular complexity index is 300. The van der Waals surface area contributed by atoms with Crippen LogP contribution in [0.25, 0.3) is 0 Å². The molecule has 1 aromatic carbocycles. The molecule has 1 nitrogen and oxygen atoms in total. The second-order valence-electron chi connectivity index (χ2n) is 5.21. The largest absolute Gasteiger partial charge is 0.508 e. The standard InChI is InChI=1S/C15H24O/c1-5-12(4)15(10-11(2)3)13-6-8-14(16)9-7-13/h6-9,11-12,15-16H,5,10H2,1-4H3. The molecule has 1 N–H and O–H groups in total. The van der Waals surface area contributed by atoms with Crippen molar-refractivity contribution >= 4 is 0 Å². The highest BCUT2D eigenvalue weighted by atomic mass is 16.3. The molecule has 16 heavy (non-hydrogen) atoms. The predicted molar refractivity (Wildman–Crippen MR) is 69.8 cm³/mol. The molecule has 1 rings (SSSR count). The van der Waals surface area contributed by atoms with Crippen molar-refractivity contribution in [2.45, 2.75) is 46.5 Å². The molecule has 90 valence electrons. The summed E-state index contributed by atoms with van der Waals surface area (Å²) in [6, 6.07) is 7.72. The highest BCUT2D eigenvalue weighted by molar-refractivity contribution is 5.28. The van der Waals surface area contributed by atoms with Gasteiger partial charge in [-0.05, 0) is 41.9 Å². The lowest BCUT2D eigenvalue weighted by Gasteiger charge is -2.25. The Morgan fingerprint density at radius 1 is 1.06 bits per heavy atom. The topological polar surface area (TPSA) is 20.2 Å².